The van der Waals surface area contributed by atoms with Crippen molar-refractivity contribution in [3.05, 3.63) is 46.8 Å². The number of hydrogen-bond donors (Lipinski definition) is 0. The van der Waals surface area contributed by atoms with Crippen LogP contribution in [0.1, 0.15) is 17.4 Å². The average molecular weight is 276 g/mol. The summed E-state index contributed by atoms with van der Waals surface area (Å²) in [6.07, 6.45) is 0. The van der Waals surface area contributed by atoms with Crippen LogP contribution in [-0.4, -0.2) is 11.5 Å². The molecular formula is C15H16OS2. The summed E-state index contributed by atoms with van der Waals surface area (Å²) in [5.74, 6) is 1.78. The molecular weight excluding hydrogens is 260 g/mol. The molecule has 0 radical (unpaired) electrons. The third-order valence-electron chi connectivity index (χ3n) is 2.51. The Morgan fingerprint density at radius 2 is 2.11 bits per heavy atom. The lowest BCUT2D eigenvalue weighted by Gasteiger charge is -1.99. The molecule has 0 fully saturated rings. The van der Waals surface area contributed by atoms with Gasteiger partial charge >= 0.3 is 0 Å². The van der Waals surface area contributed by atoms with Gasteiger partial charge in [-0.1, -0.05) is 29.8 Å². The molecule has 0 aliphatic rings. The Balaban J connectivity index is 2.04. The highest BCUT2D eigenvalue weighted by atomic mass is 32.2. The van der Waals surface area contributed by atoms with E-state index in [1.807, 2.05) is 11.3 Å². The molecule has 0 N–H and O–H groups in total. The monoisotopic (exact) mass is 276 g/mol. The van der Waals surface area contributed by atoms with Crippen LogP contribution in [0.25, 0.3) is 10.4 Å². The van der Waals surface area contributed by atoms with Gasteiger partial charge in [0.2, 0.25) is 0 Å². The quantitative estimate of drug-likeness (QED) is 0.797. The number of thiophene rings is 1. The molecule has 0 atom stereocenters. The fourth-order valence-electron chi connectivity index (χ4n) is 1.70. The first kappa shape index (κ1) is 13.4. The van der Waals surface area contributed by atoms with E-state index < -0.39 is 0 Å². The van der Waals surface area contributed by atoms with Crippen LogP contribution >= 0.6 is 23.1 Å². The fourth-order valence-corrected chi connectivity index (χ4v) is 3.68. The van der Waals surface area contributed by atoms with Gasteiger partial charge in [0, 0.05) is 15.5 Å². The lowest BCUT2D eigenvalue weighted by atomic mass is 10.1. The van der Waals surface area contributed by atoms with Gasteiger partial charge in [0.15, 0.2) is 0 Å². The van der Waals surface area contributed by atoms with Crippen LogP contribution in [0.5, 0.6) is 0 Å². The Morgan fingerprint density at radius 1 is 1.28 bits per heavy atom. The summed E-state index contributed by atoms with van der Waals surface area (Å²) < 4.78 is 0. The minimum atomic E-state index is 0.246. The smallest absolute Gasteiger partial charge is 0.139 e. The predicted octanol–water partition coefficient (Wildman–Crippen LogP) is 4.55. The zero-order valence-corrected chi connectivity index (χ0v) is 12.2. The van der Waals surface area contributed by atoms with Crippen molar-refractivity contribution in [2.45, 2.75) is 19.6 Å². The summed E-state index contributed by atoms with van der Waals surface area (Å²) >= 11 is 3.50. The van der Waals surface area contributed by atoms with Crippen LogP contribution in [0.3, 0.4) is 0 Å². The zero-order chi connectivity index (χ0) is 13.0. The molecule has 3 heteroatoms. The van der Waals surface area contributed by atoms with E-state index in [-0.39, 0.29) is 5.78 Å². The number of hydrogen-bond acceptors (Lipinski definition) is 3. The second-order valence-electron chi connectivity index (χ2n) is 4.33. The summed E-state index contributed by atoms with van der Waals surface area (Å²) in [6.45, 7) is 3.75. The molecule has 2 aromatic rings. The molecule has 0 saturated carbocycles. The van der Waals surface area contributed by atoms with Crippen LogP contribution in [0.4, 0.5) is 0 Å². The Hall–Kier alpha value is -1.06. The Bertz CT molecular complexity index is 543. The van der Waals surface area contributed by atoms with E-state index in [1.54, 1.807) is 18.7 Å². The van der Waals surface area contributed by atoms with Crippen molar-refractivity contribution in [3.8, 4) is 10.4 Å². The fraction of sp³-hybridized carbons (Fsp3) is 0.267. The summed E-state index contributed by atoms with van der Waals surface area (Å²) in [6, 6.07) is 12.9. The van der Waals surface area contributed by atoms with Gasteiger partial charge in [0.05, 0.1) is 5.75 Å². The Kier molecular flexibility index (Phi) is 4.61. The molecule has 2 rings (SSSR count). The van der Waals surface area contributed by atoms with Crippen LogP contribution in [0.2, 0.25) is 0 Å². The highest BCUT2D eigenvalue weighted by molar-refractivity contribution is 7.99. The first-order chi connectivity index (χ1) is 8.65. The van der Waals surface area contributed by atoms with Gasteiger partial charge in [-0.15, -0.1) is 23.1 Å². The van der Waals surface area contributed by atoms with Crippen LogP contribution in [0, 0.1) is 6.92 Å². The van der Waals surface area contributed by atoms with Crippen molar-refractivity contribution in [2.24, 2.45) is 0 Å². The molecule has 0 spiro atoms. The molecule has 18 heavy (non-hydrogen) atoms. The summed E-state index contributed by atoms with van der Waals surface area (Å²) in [7, 11) is 0. The van der Waals surface area contributed by atoms with E-state index in [2.05, 4.69) is 43.3 Å². The number of Topliss-reactive ketones (excluding diaryl/α,β-unsaturated/α-hetero) is 1. The van der Waals surface area contributed by atoms with Crippen molar-refractivity contribution in [1.82, 2.24) is 0 Å². The molecule has 0 aliphatic carbocycles. The molecule has 0 bridgehead atoms. The van der Waals surface area contributed by atoms with Crippen molar-refractivity contribution in [1.29, 1.82) is 0 Å². The average Bonchev–Trinajstić information content (AvgIpc) is 2.77. The third kappa shape index (κ3) is 3.72. The van der Waals surface area contributed by atoms with Crippen LogP contribution < -0.4 is 0 Å². The second-order valence-corrected chi connectivity index (χ2v) is 6.48. The van der Waals surface area contributed by atoms with Gasteiger partial charge in [-0.3, -0.25) is 4.79 Å². The van der Waals surface area contributed by atoms with Crippen LogP contribution in [-0.2, 0) is 10.5 Å². The van der Waals surface area contributed by atoms with Gasteiger partial charge in [-0.2, -0.15) is 0 Å². The molecule has 94 valence electrons. The van der Waals surface area contributed by atoms with Crippen molar-refractivity contribution in [3.63, 3.8) is 0 Å². The maximum atomic E-state index is 10.9. The molecule has 0 saturated heterocycles. The molecule has 1 aromatic carbocycles. The maximum absolute atomic E-state index is 10.9. The molecule has 0 unspecified atom stereocenters. The summed E-state index contributed by atoms with van der Waals surface area (Å²) in [5.41, 5.74) is 2.57. The van der Waals surface area contributed by atoms with Crippen molar-refractivity contribution < 1.29 is 4.79 Å². The number of carbonyl (C=O) groups excluding carboxylic acids is 1. The van der Waals surface area contributed by atoms with E-state index in [4.69, 9.17) is 0 Å². The number of thioether (sulfide) groups is 1. The maximum Gasteiger partial charge on any atom is 0.139 e. The topological polar surface area (TPSA) is 17.1 Å². The number of rotatable bonds is 5. The van der Waals surface area contributed by atoms with E-state index in [9.17, 15) is 4.79 Å². The Morgan fingerprint density at radius 3 is 2.83 bits per heavy atom. The number of ketones is 1. The third-order valence-corrected chi connectivity index (χ3v) is 4.96. The van der Waals surface area contributed by atoms with Crippen molar-refractivity contribution >= 4 is 28.9 Å². The Labute approximate surface area is 116 Å². The number of aryl methyl sites for hydroxylation is 1. The SMILES string of the molecule is CC(=O)CSCc1ccc(-c2cccc(C)c2)s1. The minimum Gasteiger partial charge on any atom is -0.299 e. The molecule has 0 amide bonds. The van der Waals surface area contributed by atoms with Gasteiger partial charge in [0.1, 0.15) is 5.78 Å². The first-order valence-corrected chi connectivity index (χ1v) is 7.85. The summed E-state index contributed by atoms with van der Waals surface area (Å²) in [4.78, 5) is 13.5. The highest BCUT2D eigenvalue weighted by Gasteiger charge is 2.04. The van der Waals surface area contributed by atoms with E-state index in [0.717, 1.165) is 5.75 Å². The molecule has 1 aromatic heterocycles. The predicted molar refractivity (Wildman–Crippen MR) is 81.3 cm³/mol. The van der Waals surface area contributed by atoms with Gasteiger partial charge in [-0.05, 0) is 31.5 Å². The largest absolute Gasteiger partial charge is 0.299 e. The van der Waals surface area contributed by atoms with Crippen LogP contribution in [0.15, 0.2) is 36.4 Å². The first-order valence-electron chi connectivity index (χ1n) is 5.88. The molecule has 1 heterocycles. The molecule has 0 aliphatic heterocycles. The highest BCUT2D eigenvalue weighted by Crippen LogP contribution is 2.30. The van der Waals surface area contributed by atoms with E-state index >= 15 is 0 Å². The number of benzene rings is 1. The van der Waals surface area contributed by atoms with Gasteiger partial charge < -0.3 is 0 Å². The van der Waals surface area contributed by atoms with E-state index in [0.29, 0.717) is 5.75 Å². The summed E-state index contributed by atoms with van der Waals surface area (Å²) in [5, 5.41) is 0. The molecule has 1 nitrogen and oxygen atoms in total. The normalized spacial score (nSPS) is 10.6. The van der Waals surface area contributed by atoms with E-state index in [1.165, 1.54) is 20.9 Å². The van der Waals surface area contributed by atoms with Gasteiger partial charge in [-0.25, -0.2) is 0 Å². The number of carbonyl (C=O) groups is 1. The van der Waals surface area contributed by atoms with Gasteiger partial charge in [0.25, 0.3) is 0 Å². The minimum absolute atomic E-state index is 0.246. The lowest BCUT2D eigenvalue weighted by Crippen LogP contribution is -1.92. The lowest BCUT2D eigenvalue weighted by molar-refractivity contribution is -0.114. The van der Waals surface area contributed by atoms with Crippen molar-refractivity contribution in [2.75, 3.05) is 5.75 Å². The standard InChI is InChI=1S/C15H16OS2/c1-11-4-3-5-13(8-11)15-7-6-14(18-15)10-17-9-12(2)16/h3-8H,9-10H2,1-2H3. The zero-order valence-electron chi connectivity index (χ0n) is 10.6. The second kappa shape index (κ2) is 6.21.